The molecule has 2 aliphatic heterocycles. The first-order valence-electron chi connectivity index (χ1n) is 8.27. The van der Waals surface area contributed by atoms with Gasteiger partial charge in [-0.2, -0.15) is 8.42 Å². The molecule has 5 nitrogen and oxygen atoms in total. The fraction of sp³-hybridized carbons (Fsp3) is 0.500. The minimum absolute atomic E-state index is 0.311. The number of likely N-dealkylation sites (tertiary alicyclic amines) is 1. The van der Waals surface area contributed by atoms with Gasteiger partial charge in [0.15, 0.2) is 0 Å². The fourth-order valence-corrected chi connectivity index (χ4v) is 5.25. The van der Waals surface area contributed by atoms with Gasteiger partial charge in [-0.05, 0) is 55.0 Å². The van der Waals surface area contributed by atoms with Gasteiger partial charge in [0.1, 0.15) is 16.5 Å². The molecular formula is C18H24N2O3S. The topological polar surface area (TPSA) is 59.0 Å². The van der Waals surface area contributed by atoms with Crippen LogP contribution in [0.25, 0.3) is 4.91 Å². The zero-order valence-corrected chi connectivity index (χ0v) is 15.4. The number of benzene rings is 1. The van der Waals surface area contributed by atoms with Crippen molar-refractivity contribution in [3.8, 4) is 5.75 Å². The number of sulfonamides is 1. The molecule has 0 bridgehead atoms. The van der Waals surface area contributed by atoms with Crippen LogP contribution in [0.4, 0.5) is 0 Å². The van der Waals surface area contributed by atoms with Crippen LogP contribution in [0, 0.1) is 11.8 Å². The summed E-state index contributed by atoms with van der Waals surface area (Å²) in [7, 11) is -2.07. The van der Waals surface area contributed by atoms with Crippen molar-refractivity contribution in [2.45, 2.75) is 27.2 Å². The normalized spacial score (nSPS) is 26.5. The van der Waals surface area contributed by atoms with Crippen molar-refractivity contribution in [3.05, 3.63) is 35.4 Å². The van der Waals surface area contributed by atoms with Crippen LogP contribution in [0.1, 0.15) is 32.8 Å². The maximum Gasteiger partial charge on any atom is 0.285 e. The van der Waals surface area contributed by atoms with Crippen LogP contribution in [0.3, 0.4) is 0 Å². The number of methoxy groups -OCH3 is 1. The number of amidine groups is 1. The number of piperidine rings is 1. The van der Waals surface area contributed by atoms with Crippen LogP contribution >= 0.6 is 0 Å². The molecule has 0 radical (unpaired) electrons. The average Bonchev–Trinajstić information content (AvgIpc) is 2.76. The van der Waals surface area contributed by atoms with E-state index in [4.69, 9.17) is 4.74 Å². The molecule has 0 amide bonds. The summed E-state index contributed by atoms with van der Waals surface area (Å²) < 4.78 is 34.5. The largest absolute Gasteiger partial charge is 0.497 e. The lowest BCUT2D eigenvalue weighted by molar-refractivity contribution is 0.214. The number of ether oxygens (including phenoxy) is 1. The van der Waals surface area contributed by atoms with E-state index in [0.29, 0.717) is 33.9 Å². The third-order valence-corrected chi connectivity index (χ3v) is 6.13. The van der Waals surface area contributed by atoms with Gasteiger partial charge < -0.3 is 9.64 Å². The molecule has 3 rings (SSSR count). The van der Waals surface area contributed by atoms with Gasteiger partial charge in [-0.1, -0.05) is 13.8 Å². The number of nitrogens with zero attached hydrogens (tertiary/aromatic N) is 2. The van der Waals surface area contributed by atoms with Crippen molar-refractivity contribution in [1.29, 1.82) is 0 Å². The second-order valence-corrected chi connectivity index (χ2v) is 8.46. The Morgan fingerprint density at radius 1 is 1.12 bits per heavy atom. The van der Waals surface area contributed by atoms with Crippen molar-refractivity contribution in [2.75, 3.05) is 20.2 Å². The molecule has 1 aromatic carbocycles. The van der Waals surface area contributed by atoms with E-state index in [1.165, 1.54) is 6.42 Å². The zero-order chi connectivity index (χ0) is 17.5. The lowest BCUT2D eigenvalue weighted by Crippen LogP contribution is -2.42. The van der Waals surface area contributed by atoms with E-state index in [0.717, 1.165) is 18.7 Å². The molecule has 2 heterocycles. The van der Waals surface area contributed by atoms with Crippen LogP contribution in [0.5, 0.6) is 5.75 Å². The Morgan fingerprint density at radius 3 is 2.25 bits per heavy atom. The van der Waals surface area contributed by atoms with Gasteiger partial charge in [-0.25, -0.2) is 0 Å². The lowest BCUT2D eigenvalue weighted by atomic mass is 9.91. The standard InChI is InChI=1S/C18H24N2O3S/c1-12-9-13(2)11-20(10-12)18-14(3)17(24(21,22)19-18)15-5-7-16(23-4)8-6-15/h5-8,12-13H,9-11H2,1-4H3/t12-,13+. The highest BCUT2D eigenvalue weighted by Crippen LogP contribution is 2.35. The van der Waals surface area contributed by atoms with E-state index < -0.39 is 10.0 Å². The Kier molecular flexibility index (Phi) is 4.42. The molecule has 0 N–H and O–H groups in total. The van der Waals surface area contributed by atoms with Crippen molar-refractivity contribution < 1.29 is 13.2 Å². The lowest BCUT2D eigenvalue weighted by Gasteiger charge is -2.36. The van der Waals surface area contributed by atoms with Crippen LogP contribution in [-0.4, -0.2) is 39.4 Å². The van der Waals surface area contributed by atoms with Gasteiger partial charge in [0, 0.05) is 18.7 Å². The van der Waals surface area contributed by atoms with Crippen LogP contribution in [-0.2, 0) is 10.0 Å². The minimum Gasteiger partial charge on any atom is -0.497 e. The summed E-state index contributed by atoms with van der Waals surface area (Å²) in [6, 6.07) is 7.09. The van der Waals surface area contributed by atoms with Gasteiger partial charge in [-0.15, -0.1) is 4.40 Å². The van der Waals surface area contributed by atoms with E-state index in [1.807, 2.05) is 6.92 Å². The summed E-state index contributed by atoms with van der Waals surface area (Å²) in [6.45, 7) is 7.97. The number of hydrogen-bond acceptors (Lipinski definition) is 4. The molecule has 1 aromatic rings. The van der Waals surface area contributed by atoms with Gasteiger partial charge in [-0.3, -0.25) is 0 Å². The molecule has 1 fully saturated rings. The molecule has 0 unspecified atom stereocenters. The smallest absolute Gasteiger partial charge is 0.285 e. The Hall–Kier alpha value is -1.82. The number of hydrogen-bond donors (Lipinski definition) is 0. The Bertz CT molecular complexity index is 784. The molecule has 6 heteroatoms. The third-order valence-electron chi connectivity index (χ3n) is 4.66. The quantitative estimate of drug-likeness (QED) is 0.824. The molecule has 0 saturated carbocycles. The fourth-order valence-electron chi connectivity index (χ4n) is 3.76. The van der Waals surface area contributed by atoms with Crippen LogP contribution < -0.4 is 4.74 Å². The molecule has 0 aliphatic carbocycles. The summed E-state index contributed by atoms with van der Waals surface area (Å²) in [6.07, 6.45) is 1.17. The SMILES string of the molecule is COc1ccc(C2=C(C)C(N3C[C@H](C)C[C@H](C)C3)=NS2(=O)=O)cc1. The predicted molar refractivity (Wildman–Crippen MR) is 96.5 cm³/mol. The summed E-state index contributed by atoms with van der Waals surface area (Å²) in [5, 5.41) is 0. The average molecular weight is 348 g/mol. The maximum absolute atomic E-state index is 12.6. The molecule has 1 saturated heterocycles. The van der Waals surface area contributed by atoms with E-state index in [-0.39, 0.29) is 0 Å². The summed E-state index contributed by atoms with van der Waals surface area (Å²) in [5.74, 6) is 2.39. The summed E-state index contributed by atoms with van der Waals surface area (Å²) >= 11 is 0. The predicted octanol–water partition coefficient (Wildman–Crippen LogP) is 3.15. The number of rotatable bonds is 2. The molecule has 2 atom stereocenters. The Balaban J connectivity index is 1.99. The van der Waals surface area contributed by atoms with Gasteiger partial charge in [0.05, 0.1) is 7.11 Å². The molecular weight excluding hydrogens is 324 g/mol. The van der Waals surface area contributed by atoms with E-state index >= 15 is 0 Å². The van der Waals surface area contributed by atoms with Crippen molar-refractivity contribution in [1.82, 2.24) is 4.90 Å². The highest BCUT2D eigenvalue weighted by Gasteiger charge is 2.35. The summed E-state index contributed by atoms with van der Waals surface area (Å²) in [5.41, 5.74) is 1.40. The highest BCUT2D eigenvalue weighted by molar-refractivity contribution is 8.00. The monoisotopic (exact) mass is 348 g/mol. The first-order valence-corrected chi connectivity index (χ1v) is 9.71. The second-order valence-electron chi connectivity index (χ2n) is 6.92. The molecule has 24 heavy (non-hydrogen) atoms. The Morgan fingerprint density at radius 2 is 1.71 bits per heavy atom. The highest BCUT2D eigenvalue weighted by atomic mass is 32.2. The second kappa shape index (κ2) is 6.24. The molecule has 0 spiro atoms. The van der Waals surface area contributed by atoms with Crippen LogP contribution in [0.2, 0.25) is 0 Å². The molecule has 0 aromatic heterocycles. The van der Waals surface area contributed by atoms with Crippen LogP contribution in [0.15, 0.2) is 34.2 Å². The zero-order valence-electron chi connectivity index (χ0n) is 14.6. The van der Waals surface area contributed by atoms with Gasteiger partial charge in [0.25, 0.3) is 10.0 Å². The van der Waals surface area contributed by atoms with Crippen molar-refractivity contribution in [3.63, 3.8) is 0 Å². The Labute approximate surface area is 144 Å². The minimum atomic E-state index is -3.66. The molecule has 130 valence electrons. The van der Waals surface area contributed by atoms with Crippen molar-refractivity contribution >= 4 is 20.8 Å². The first kappa shape index (κ1) is 17.0. The summed E-state index contributed by atoms with van der Waals surface area (Å²) in [4.78, 5) is 2.44. The van der Waals surface area contributed by atoms with E-state index in [9.17, 15) is 8.42 Å². The van der Waals surface area contributed by atoms with Gasteiger partial charge >= 0.3 is 0 Å². The molecule has 2 aliphatic rings. The third kappa shape index (κ3) is 3.07. The first-order chi connectivity index (χ1) is 11.3. The van der Waals surface area contributed by atoms with E-state index in [1.54, 1.807) is 31.4 Å². The maximum atomic E-state index is 12.6. The van der Waals surface area contributed by atoms with E-state index in [2.05, 4.69) is 23.1 Å². The van der Waals surface area contributed by atoms with Gasteiger partial charge in [0.2, 0.25) is 0 Å². The van der Waals surface area contributed by atoms with Crippen molar-refractivity contribution in [2.24, 2.45) is 16.2 Å².